The number of fused-ring (bicyclic) bond motifs is 1. The predicted molar refractivity (Wildman–Crippen MR) is 70.2 cm³/mol. The van der Waals surface area contributed by atoms with Crippen LogP contribution in [0.25, 0.3) is 10.1 Å². The number of aliphatic hydroxyl groups excluding tert-OH is 1. The van der Waals surface area contributed by atoms with Crippen LogP contribution in [-0.2, 0) is 0 Å². The van der Waals surface area contributed by atoms with Crippen LogP contribution in [0.4, 0.5) is 5.69 Å². The van der Waals surface area contributed by atoms with Gasteiger partial charge in [-0.15, -0.1) is 11.3 Å². The summed E-state index contributed by atoms with van der Waals surface area (Å²) in [5.74, 6) is 0. The van der Waals surface area contributed by atoms with Gasteiger partial charge in [0, 0.05) is 35.1 Å². The lowest BCUT2D eigenvalue weighted by molar-refractivity contribution is 0.267. The highest BCUT2D eigenvalue weighted by molar-refractivity contribution is 7.17. The van der Waals surface area contributed by atoms with E-state index < -0.39 is 0 Å². The standard InChI is InChI=1S/C12H16N2OS/c1-14(6-9(13)7-15)11-8-16-12-5-3-2-4-10(11)12/h2-5,8-9,15H,6-7,13H2,1H3. The SMILES string of the molecule is CN(CC(N)CO)c1csc2ccccc12. The minimum absolute atomic E-state index is 0.0202. The fourth-order valence-corrected chi connectivity index (χ4v) is 2.77. The van der Waals surface area contributed by atoms with E-state index in [0.717, 1.165) is 0 Å². The van der Waals surface area contributed by atoms with Crippen LogP contribution < -0.4 is 10.6 Å². The topological polar surface area (TPSA) is 49.5 Å². The van der Waals surface area contributed by atoms with Crippen molar-refractivity contribution in [1.82, 2.24) is 0 Å². The van der Waals surface area contributed by atoms with Crippen LogP contribution in [0.5, 0.6) is 0 Å². The van der Waals surface area contributed by atoms with Crippen LogP contribution in [0.15, 0.2) is 29.6 Å². The molecule has 4 heteroatoms. The zero-order valence-corrected chi connectivity index (χ0v) is 10.1. The fraction of sp³-hybridized carbons (Fsp3) is 0.333. The first kappa shape index (κ1) is 11.4. The number of aliphatic hydroxyl groups is 1. The summed E-state index contributed by atoms with van der Waals surface area (Å²) in [5, 5.41) is 12.3. The third kappa shape index (κ3) is 2.19. The molecule has 2 aromatic rings. The van der Waals surface area contributed by atoms with Gasteiger partial charge in [-0.3, -0.25) is 0 Å². The Bertz CT molecular complexity index is 469. The molecule has 0 saturated heterocycles. The van der Waals surface area contributed by atoms with E-state index in [2.05, 4.69) is 22.4 Å². The van der Waals surface area contributed by atoms with Gasteiger partial charge in [-0.1, -0.05) is 18.2 Å². The van der Waals surface area contributed by atoms with E-state index >= 15 is 0 Å². The molecule has 0 bridgehead atoms. The molecule has 0 aliphatic rings. The van der Waals surface area contributed by atoms with Gasteiger partial charge in [0.25, 0.3) is 0 Å². The van der Waals surface area contributed by atoms with Crippen molar-refractivity contribution in [3.63, 3.8) is 0 Å². The Balaban J connectivity index is 2.26. The van der Waals surface area contributed by atoms with Crippen molar-refractivity contribution in [2.45, 2.75) is 6.04 Å². The maximum Gasteiger partial charge on any atom is 0.0599 e. The molecule has 0 radical (unpaired) electrons. The summed E-state index contributed by atoms with van der Waals surface area (Å²) in [6.07, 6.45) is 0. The molecule has 3 nitrogen and oxygen atoms in total. The highest BCUT2D eigenvalue weighted by atomic mass is 32.1. The molecule has 0 spiro atoms. The van der Waals surface area contributed by atoms with E-state index in [0.29, 0.717) is 6.54 Å². The highest BCUT2D eigenvalue weighted by Gasteiger charge is 2.10. The lowest BCUT2D eigenvalue weighted by atomic mass is 10.2. The fourth-order valence-electron chi connectivity index (χ4n) is 1.77. The first-order valence-corrected chi connectivity index (χ1v) is 6.14. The molecule has 1 aromatic heterocycles. The van der Waals surface area contributed by atoms with Crippen molar-refractivity contribution in [2.24, 2.45) is 5.73 Å². The maximum absolute atomic E-state index is 8.95. The van der Waals surface area contributed by atoms with Gasteiger partial charge in [0.2, 0.25) is 0 Å². The molecule has 16 heavy (non-hydrogen) atoms. The number of hydrogen-bond donors (Lipinski definition) is 2. The summed E-state index contributed by atoms with van der Waals surface area (Å²) in [6, 6.07) is 8.12. The Morgan fingerprint density at radius 1 is 1.44 bits per heavy atom. The summed E-state index contributed by atoms with van der Waals surface area (Å²) in [7, 11) is 2.00. The molecule has 2 rings (SSSR count). The van der Waals surface area contributed by atoms with Crippen LogP contribution in [0, 0.1) is 0 Å². The molecule has 1 atom stereocenters. The Kier molecular flexibility index (Phi) is 3.43. The number of likely N-dealkylation sites (N-methyl/N-ethyl adjacent to an activating group) is 1. The predicted octanol–water partition coefficient (Wildman–Crippen LogP) is 1.66. The normalized spacial score (nSPS) is 12.9. The van der Waals surface area contributed by atoms with Gasteiger partial charge in [0.15, 0.2) is 0 Å². The van der Waals surface area contributed by atoms with E-state index in [1.165, 1.54) is 15.8 Å². The number of rotatable bonds is 4. The highest BCUT2D eigenvalue weighted by Crippen LogP contribution is 2.31. The van der Waals surface area contributed by atoms with E-state index in [1.54, 1.807) is 11.3 Å². The van der Waals surface area contributed by atoms with Crippen LogP contribution in [-0.4, -0.2) is 31.3 Å². The first-order chi connectivity index (χ1) is 7.72. The second-order valence-electron chi connectivity index (χ2n) is 3.94. The third-order valence-electron chi connectivity index (χ3n) is 2.61. The van der Waals surface area contributed by atoms with Crippen molar-refractivity contribution < 1.29 is 5.11 Å². The smallest absolute Gasteiger partial charge is 0.0599 e. The minimum atomic E-state index is -0.191. The van der Waals surface area contributed by atoms with Crippen LogP contribution >= 0.6 is 11.3 Å². The number of benzene rings is 1. The monoisotopic (exact) mass is 236 g/mol. The molecular formula is C12H16N2OS. The van der Waals surface area contributed by atoms with Crippen LogP contribution in [0.1, 0.15) is 0 Å². The van der Waals surface area contributed by atoms with Gasteiger partial charge in [0.1, 0.15) is 0 Å². The maximum atomic E-state index is 8.95. The summed E-state index contributed by atoms with van der Waals surface area (Å²) >= 11 is 1.73. The molecular weight excluding hydrogens is 220 g/mol. The Labute approximate surface area is 99.1 Å². The largest absolute Gasteiger partial charge is 0.395 e. The number of thiophene rings is 1. The second kappa shape index (κ2) is 4.82. The summed E-state index contributed by atoms with van der Waals surface area (Å²) in [5.41, 5.74) is 6.92. The van der Waals surface area contributed by atoms with Gasteiger partial charge >= 0.3 is 0 Å². The van der Waals surface area contributed by atoms with Gasteiger partial charge in [0.05, 0.1) is 12.3 Å². The van der Waals surface area contributed by atoms with Gasteiger partial charge < -0.3 is 15.7 Å². The van der Waals surface area contributed by atoms with E-state index in [4.69, 9.17) is 10.8 Å². The number of nitrogens with zero attached hydrogens (tertiary/aromatic N) is 1. The molecule has 1 heterocycles. The van der Waals surface area contributed by atoms with Crippen LogP contribution in [0.3, 0.4) is 0 Å². The Hall–Kier alpha value is -1.10. The average molecular weight is 236 g/mol. The van der Waals surface area contributed by atoms with E-state index in [9.17, 15) is 0 Å². The lowest BCUT2D eigenvalue weighted by Gasteiger charge is -2.21. The van der Waals surface area contributed by atoms with Gasteiger partial charge in [-0.25, -0.2) is 0 Å². The van der Waals surface area contributed by atoms with Crippen molar-refractivity contribution >= 4 is 27.1 Å². The van der Waals surface area contributed by atoms with Gasteiger partial charge in [-0.05, 0) is 6.07 Å². The number of nitrogens with two attached hydrogens (primary N) is 1. The Morgan fingerprint density at radius 2 is 2.19 bits per heavy atom. The number of hydrogen-bond acceptors (Lipinski definition) is 4. The van der Waals surface area contributed by atoms with Crippen molar-refractivity contribution in [3.05, 3.63) is 29.6 Å². The molecule has 0 aliphatic heterocycles. The Morgan fingerprint density at radius 3 is 2.94 bits per heavy atom. The van der Waals surface area contributed by atoms with Gasteiger partial charge in [-0.2, -0.15) is 0 Å². The average Bonchev–Trinajstić information content (AvgIpc) is 2.72. The zero-order valence-electron chi connectivity index (χ0n) is 9.26. The molecule has 1 aromatic carbocycles. The van der Waals surface area contributed by atoms with Crippen LogP contribution in [0.2, 0.25) is 0 Å². The molecule has 0 saturated carbocycles. The number of anilines is 1. The van der Waals surface area contributed by atoms with Crippen molar-refractivity contribution in [1.29, 1.82) is 0 Å². The van der Waals surface area contributed by atoms with E-state index in [1.807, 2.05) is 19.2 Å². The summed E-state index contributed by atoms with van der Waals surface area (Å²) < 4.78 is 1.28. The first-order valence-electron chi connectivity index (χ1n) is 5.26. The van der Waals surface area contributed by atoms with Crippen molar-refractivity contribution in [3.8, 4) is 0 Å². The lowest BCUT2D eigenvalue weighted by Crippen LogP contribution is -2.37. The zero-order chi connectivity index (χ0) is 11.5. The minimum Gasteiger partial charge on any atom is -0.395 e. The summed E-state index contributed by atoms with van der Waals surface area (Å²) in [4.78, 5) is 2.10. The second-order valence-corrected chi connectivity index (χ2v) is 4.85. The summed E-state index contributed by atoms with van der Waals surface area (Å²) in [6.45, 7) is 0.684. The molecule has 1 unspecified atom stereocenters. The van der Waals surface area contributed by atoms with Crippen molar-refractivity contribution in [2.75, 3.05) is 25.1 Å². The molecule has 3 N–H and O–H groups in total. The van der Waals surface area contributed by atoms with E-state index in [-0.39, 0.29) is 12.6 Å². The quantitative estimate of drug-likeness (QED) is 0.848. The molecule has 0 aliphatic carbocycles. The third-order valence-corrected chi connectivity index (χ3v) is 3.57. The molecule has 0 amide bonds. The molecule has 0 fully saturated rings. The molecule has 86 valence electrons.